The average molecular weight is 1500 g/mol. The molecule has 0 radical (unpaired) electrons. The quantitative estimate of drug-likeness (QED) is 0.0169. The number of phosphoric acid groups is 2. The van der Waals surface area contributed by atoms with Gasteiger partial charge in [0.15, 0.2) is 12.2 Å². The highest BCUT2D eigenvalue weighted by Gasteiger charge is 2.30. The summed E-state index contributed by atoms with van der Waals surface area (Å²) < 4.78 is 68.8. The van der Waals surface area contributed by atoms with Crippen molar-refractivity contribution in [3.8, 4) is 0 Å². The van der Waals surface area contributed by atoms with Crippen LogP contribution in [-0.2, 0) is 65.4 Å². The molecule has 103 heavy (non-hydrogen) atoms. The number of carbonyl (C=O) groups is 4. The van der Waals surface area contributed by atoms with Gasteiger partial charge < -0.3 is 33.8 Å². The smallest absolute Gasteiger partial charge is 0.462 e. The van der Waals surface area contributed by atoms with Gasteiger partial charge in [-0.15, -0.1) is 0 Å². The molecule has 3 N–H and O–H groups in total. The van der Waals surface area contributed by atoms with E-state index in [1.54, 1.807) is 0 Å². The third-order valence-electron chi connectivity index (χ3n) is 19.2. The summed E-state index contributed by atoms with van der Waals surface area (Å²) in [6, 6.07) is 0. The Balaban J connectivity index is 5.27. The van der Waals surface area contributed by atoms with Gasteiger partial charge in [0.05, 0.1) is 26.4 Å². The van der Waals surface area contributed by atoms with Crippen LogP contribution in [0.2, 0.25) is 0 Å². The minimum Gasteiger partial charge on any atom is -0.462 e. The lowest BCUT2D eigenvalue weighted by atomic mass is 10.0. The molecule has 0 amide bonds. The molecule has 0 spiro atoms. The highest BCUT2D eigenvalue weighted by molar-refractivity contribution is 7.47. The van der Waals surface area contributed by atoms with Crippen LogP contribution >= 0.6 is 15.6 Å². The molecule has 0 aliphatic rings. The van der Waals surface area contributed by atoms with Crippen molar-refractivity contribution < 1.29 is 80.2 Å². The molecule has 0 fully saturated rings. The minimum atomic E-state index is -4.97. The largest absolute Gasteiger partial charge is 0.472 e. The van der Waals surface area contributed by atoms with Crippen LogP contribution in [0.15, 0.2) is 24.3 Å². The zero-order chi connectivity index (χ0) is 75.5. The van der Waals surface area contributed by atoms with Crippen LogP contribution in [-0.4, -0.2) is 96.7 Å². The molecule has 0 aliphatic heterocycles. The number of rotatable bonds is 82. The first-order valence-electron chi connectivity index (χ1n) is 43.0. The lowest BCUT2D eigenvalue weighted by molar-refractivity contribution is -0.161. The van der Waals surface area contributed by atoms with Crippen LogP contribution < -0.4 is 0 Å². The van der Waals surface area contributed by atoms with E-state index in [0.717, 1.165) is 115 Å². The molecule has 5 atom stereocenters. The Labute approximate surface area is 631 Å². The molecule has 0 bridgehead atoms. The van der Waals surface area contributed by atoms with Gasteiger partial charge in [-0.1, -0.05) is 374 Å². The van der Waals surface area contributed by atoms with Gasteiger partial charge in [0.2, 0.25) is 0 Å². The van der Waals surface area contributed by atoms with Crippen LogP contribution in [0.1, 0.15) is 426 Å². The Morgan fingerprint density at radius 3 is 0.796 bits per heavy atom. The molecule has 0 aliphatic carbocycles. The number of unbranched alkanes of at least 4 members (excludes halogenated alkanes) is 51. The highest BCUT2D eigenvalue weighted by atomic mass is 31.2. The van der Waals surface area contributed by atoms with E-state index in [4.69, 9.17) is 37.0 Å². The summed E-state index contributed by atoms with van der Waals surface area (Å²) in [4.78, 5) is 73.1. The minimum absolute atomic E-state index is 0.102. The predicted octanol–water partition coefficient (Wildman–Crippen LogP) is 25.1. The SMILES string of the molecule is CCCCCC/C=C\C=C/CCCCCCCC(=O)OC[C@H](COP(=O)(O)OC[C@@H](O)COP(=O)(O)OC[C@@H](COC(=O)CCCCCCCCCCCCCCC)OC(=O)CCCCCCCCCCCCCCCC)OC(=O)CCCCCCCCCCCCCCCCCCCCC(C)C. The number of aliphatic hydroxyl groups is 1. The van der Waals surface area contributed by atoms with Crippen molar-refractivity contribution in [1.29, 1.82) is 0 Å². The molecular weight excluding hydrogens is 1340 g/mol. The molecule has 0 aromatic heterocycles. The Kier molecular flexibility index (Phi) is 74.5. The Morgan fingerprint density at radius 2 is 0.524 bits per heavy atom. The molecule has 0 heterocycles. The van der Waals surface area contributed by atoms with Crippen LogP contribution in [0.5, 0.6) is 0 Å². The Bertz CT molecular complexity index is 2060. The molecule has 0 aromatic rings. The zero-order valence-electron chi connectivity index (χ0n) is 66.9. The molecular formula is C84H160O17P2. The van der Waals surface area contributed by atoms with Crippen molar-refractivity contribution in [1.82, 2.24) is 0 Å². The van der Waals surface area contributed by atoms with E-state index in [2.05, 4.69) is 58.9 Å². The first-order valence-corrected chi connectivity index (χ1v) is 45.9. The molecule has 0 rings (SSSR count). The topological polar surface area (TPSA) is 237 Å². The van der Waals surface area contributed by atoms with Gasteiger partial charge in [0.1, 0.15) is 19.3 Å². The van der Waals surface area contributed by atoms with Crippen molar-refractivity contribution in [2.24, 2.45) is 5.92 Å². The van der Waals surface area contributed by atoms with E-state index in [9.17, 15) is 43.2 Å². The summed E-state index contributed by atoms with van der Waals surface area (Å²) in [5, 5.41) is 10.7. The predicted molar refractivity (Wildman–Crippen MR) is 423 cm³/mol. The fourth-order valence-corrected chi connectivity index (χ4v) is 14.2. The third kappa shape index (κ3) is 77.5. The number of carbonyl (C=O) groups excluding carboxylic acids is 4. The summed E-state index contributed by atoms with van der Waals surface area (Å²) >= 11 is 0. The first-order chi connectivity index (χ1) is 50.0. The monoisotopic (exact) mass is 1500 g/mol. The van der Waals surface area contributed by atoms with Gasteiger partial charge in [-0.05, 0) is 57.3 Å². The second-order valence-electron chi connectivity index (χ2n) is 30.0. The second-order valence-corrected chi connectivity index (χ2v) is 32.9. The van der Waals surface area contributed by atoms with Crippen molar-refractivity contribution in [2.75, 3.05) is 39.6 Å². The van der Waals surface area contributed by atoms with Gasteiger partial charge in [-0.3, -0.25) is 37.3 Å². The summed E-state index contributed by atoms with van der Waals surface area (Å²) in [5.41, 5.74) is 0. The third-order valence-corrected chi connectivity index (χ3v) is 21.1. The standard InChI is InChI=1S/C84H160O17P2/c1-6-9-12-15-18-21-24-27-33-39-43-48-53-58-63-68-82(87)95-74-80(101-84(89)70-65-60-55-50-45-40-35-32-30-29-31-34-37-41-46-51-56-61-66-77(4)5)76-99-103(92,93)97-72-78(85)71-96-102(90,91)98-75-79(73-94-81(86)67-62-57-52-47-42-36-26-23-20-17-14-11-8-3)100-83(88)69-64-59-54-49-44-38-28-25-22-19-16-13-10-7-2/h21,24,27,33,77-80,85H,6-20,22-23,25-26,28-32,34-76H2,1-5H3,(H,90,91)(H,92,93)/b24-21-,33-27-/t78-,79+,80+/m0/s1. The fourth-order valence-electron chi connectivity index (χ4n) is 12.6. The van der Waals surface area contributed by atoms with Crippen molar-refractivity contribution in [3.05, 3.63) is 24.3 Å². The van der Waals surface area contributed by atoms with Crippen molar-refractivity contribution >= 4 is 39.5 Å². The van der Waals surface area contributed by atoms with Gasteiger partial charge in [0.25, 0.3) is 0 Å². The number of aliphatic hydroxyl groups excluding tert-OH is 1. The zero-order valence-corrected chi connectivity index (χ0v) is 68.7. The molecule has 19 heteroatoms. The molecule has 0 saturated carbocycles. The normalized spacial score (nSPS) is 14.0. The molecule has 2 unspecified atom stereocenters. The number of esters is 4. The van der Waals surface area contributed by atoms with Crippen LogP contribution in [0.3, 0.4) is 0 Å². The first kappa shape index (κ1) is 101. The Morgan fingerprint density at radius 1 is 0.301 bits per heavy atom. The maximum atomic E-state index is 13.1. The number of allylic oxidation sites excluding steroid dienone is 4. The van der Waals surface area contributed by atoms with E-state index in [0.29, 0.717) is 25.7 Å². The highest BCUT2D eigenvalue weighted by Crippen LogP contribution is 2.45. The van der Waals surface area contributed by atoms with Gasteiger partial charge in [0, 0.05) is 25.7 Å². The summed E-state index contributed by atoms with van der Waals surface area (Å²) in [6.07, 6.45) is 71.5. The maximum absolute atomic E-state index is 13.1. The molecule has 0 saturated heterocycles. The van der Waals surface area contributed by atoms with E-state index in [-0.39, 0.29) is 25.7 Å². The van der Waals surface area contributed by atoms with E-state index >= 15 is 0 Å². The van der Waals surface area contributed by atoms with Crippen LogP contribution in [0, 0.1) is 5.92 Å². The molecule has 608 valence electrons. The van der Waals surface area contributed by atoms with E-state index < -0.39 is 97.5 Å². The lowest BCUT2D eigenvalue weighted by Crippen LogP contribution is -2.30. The summed E-state index contributed by atoms with van der Waals surface area (Å²) in [6.45, 7) is 7.32. The number of hydrogen-bond acceptors (Lipinski definition) is 15. The van der Waals surface area contributed by atoms with Crippen LogP contribution in [0.4, 0.5) is 0 Å². The van der Waals surface area contributed by atoms with Gasteiger partial charge in [-0.25, -0.2) is 9.13 Å². The lowest BCUT2D eigenvalue weighted by Gasteiger charge is -2.21. The molecule has 17 nitrogen and oxygen atoms in total. The van der Waals surface area contributed by atoms with Gasteiger partial charge in [-0.2, -0.15) is 0 Å². The fraction of sp³-hybridized carbons (Fsp3) is 0.905. The van der Waals surface area contributed by atoms with Crippen molar-refractivity contribution in [3.63, 3.8) is 0 Å². The van der Waals surface area contributed by atoms with E-state index in [1.807, 2.05) is 0 Å². The average Bonchev–Trinajstić information content (AvgIpc) is 0.919. The van der Waals surface area contributed by atoms with Crippen molar-refractivity contribution in [2.45, 2.75) is 445 Å². The number of hydrogen-bond donors (Lipinski definition) is 3. The number of ether oxygens (including phenoxy) is 4. The maximum Gasteiger partial charge on any atom is 0.472 e. The summed E-state index contributed by atoms with van der Waals surface area (Å²) in [7, 11) is -9.93. The summed E-state index contributed by atoms with van der Waals surface area (Å²) in [5.74, 6) is -1.31. The van der Waals surface area contributed by atoms with Crippen LogP contribution in [0.25, 0.3) is 0 Å². The molecule has 0 aromatic carbocycles. The Hall–Kier alpha value is -2.46. The van der Waals surface area contributed by atoms with Gasteiger partial charge >= 0.3 is 39.5 Å². The number of phosphoric ester groups is 2. The van der Waals surface area contributed by atoms with E-state index in [1.165, 1.54) is 231 Å². The second kappa shape index (κ2) is 76.3.